The van der Waals surface area contributed by atoms with Gasteiger partial charge in [-0.2, -0.15) is 8.42 Å². The third kappa shape index (κ3) is 3.00. The number of rotatable bonds is 2. The molecule has 0 radical (unpaired) electrons. The van der Waals surface area contributed by atoms with Gasteiger partial charge in [0.15, 0.2) is 11.6 Å². The number of sulfonamides is 1. The van der Waals surface area contributed by atoms with Crippen molar-refractivity contribution in [2.24, 2.45) is 4.40 Å². The van der Waals surface area contributed by atoms with Crippen molar-refractivity contribution in [3.8, 4) is 0 Å². The highest BCUT2D eigenvalue weighted by Crippen LogP contribution is 2.29. The summed E-state index contributed by atoms with van der Waals surface area (Å²) in [5.74, 6) is -2.48. The monoisotopic (exact) mass is 338 g/mol. The number of benzene rings is 1. The molecule has 2 N–H and O–H groups in total. The third-order valence-corrected chi connectivity index (χ3v) is 4.57. The molecule has 0 amide bonds. The number of anilines is 1. The van der Waals surface area contributed by atoms with Gasteiger partial charge in [0.2, 0.25) is 5.96 Å². The number of hydrogen-bond donors (Lipinski definition) is 2. The summed E-state index contributed by atoms with van der Waals surface area (Å²) >= 11 is 0. The Kier molecular flexibility index (Phi) is 3.72. The van der Waals surface area contributed by atoms with Crippen LogP contribution in [0.15, 0.2) is 45.8 Å². The number of nitrogens with zero attached hydrogens (tertiary/aromatic N) is 2. The van der Waals surface area contributed by atoms with Gasteiger partial charge < -0.3 is 10.6 Å². The standard InChI is InChI=1S/C14H12F2N4O2S/c1-8(11-4-2-3-5-17-11)18-14-19-12-6-9(15)10(16)7-13(12)23(21,22)20-14/h2-8H,1H3,(H2,18,19,20). The summed E-state index contributed by atoms with van der Waals surface area (Å²) in [7, 11) is -4.12. The Morgan fingerprint density at radius 2 is 1.96 bits per heavy atom. The molecule has 2 aromatic rings. The van der Waals surface area contributed by atoms with Gasteiger partial charge in [0.1, 0.15) is 4.90 Å². The van der Waals surface area contributed by atoms with Gasteiger partial charge in [0, 0.05) is 12.3 Å². The second kappa shape index (κ2) is 5.58. The van der Waals surface area contributed by atoms with Gasteiger partial charge in [-0.3, -0.25) is 4.98 Å². The van der Waals surface area contributed by atoms with Gasteiger partial charge in [-0.1, -0.05) is 6.07 Å². The van der Waals surface area contributed by atoms with Crippen LogP contribution < -0.4 is 10.6 Å². The number of pyridine rings is 1. The molecule has 1 atom stereocenters. The lowest BCUT2D eigenvalue weighted by Crippen LogP contribution is -2.36. The van der Waals surface area contributed by atoms with Crippen molar-refractivity contribution < 1.29 is 17.2 Å². The Hall–Kier alpha value is -2.55. The maximum Gasteiger partial charge on any atom is 0.287 e. The zero-order valence-electron chi connectivity index (χ0n) is 11.9. The summed E-state index contributed by atoms with van der Waals surface area (Å²) in [6.45, 7) is 1.76. The predicted molar refractivity (Wildman–Crippen MR) is 80.4 cm³/mol. The van der Waals surface area contributed by atoms with Crippen LogP contribution in [0, 0.1) is 11.6 Å². The molecule has 1 aliphatic rings. The van der Waals surface area contributed by atoms with Gasteiger partial charge in [0.05, 0.1) is 17.4 Å². The Labute approximate surface area is 131 Å². The highest BCUT2D eigenvalue weighted by Gasteiger charge is 2.27. The lowest BCUT2D eigenvalue weighted by Gasteiger charge is -2.22. The minimum absolute atomic E-state index is 0.0744. The fourth-order valence-electron chi connectivity index (χ4n) is 2.13. The molecule has 0 aliphatic carbocycles. The van der Waals surface area contributed by atoms with Gasteiger partial charge in [-0.25, -0.2) is 8.78 Å². The zero-order chi connectivity index (χ0) is 16.6. The van der Waals surface area contributed by atoms with Gasteiger partial charge in [-0.05, 0) is 25.1 Å². The van der Waals surface area contributed by atoms with E-state index in [1.54, 1.807) is 31.3 Å². The van der Waals surface area contributed by atoms with Crippen LogP contribution in [-0.2, 0) is 10.0 Å². The third-order valence-electron chi connectivity index (χ3n) is 3.25. The van der Waals surface area contributed by atoms with E-state index in [1.807, 2.05) is 0 Å². The van der Waals surface area contributed by atoms with E-state index in [-0.39, 0.29) is 17.7 Å². The first-order valence-electron chi connectivity index (χ1n) is 6.65. The first-order chi connectivity index (χ1) is 10.9. The molecule has 1 aromatic carbocycles. The maximum atomic E-state index is 13.3. The van der Waals surface area contributed by atoms with Gasteiger partial charge >= 0.3 is 0 Å². The zero-order valence-corrected chi connectivity index (χ0v) is 12.7. The van der Waals surface area contributed by atoms with Crippen molar-refractivity contribution in [1.82, 2.24) is 10.3 Å². The molecule has 3 rings (SSSR count). The van der Waals surface area contributed by atoms with Crippen LogP contribution in [0.2, 0.25) is 0 Å². The van der Waals surface area contributed by atoms with Crippen LogP contribution in [0.5, 0.6) is 0 Å². The van der Waals surface area contributed by atoms with Crippen LogP contribution in [0.3, 0.4) is 0 Å². The lowest BCUT2D eigenvalue weighted by molar-refractivity contribution is 0.505. The number of nitrogens with one attached hydrogen (secondary N) is 2. The Bertz CT molecular complexity index is 885. The average molecular weight is 338 g/mol. The molecule has 120 valence electrons. The Morgan fingerprint density at radius 3 is 2.65 bits per heavy atom. The molecule has 0 bridgehead atoms. The Morgan fingerprint density at radius 1 is 1.22 bits per heavy atom. The molecule has 6 nitrogen and oxygen atoms in total. The SMILES string of the molecule is CC(NC1=NS(=O)(=O)c2cc(F)c(F)cc2N1)c1ccccn1. The predicted octanol–water partition coefficient (Wildman–Crippen LogP) is 2.18. The topological polar surface area (TPSA) is 83.5 Å². The van der Waals surface area contributed by atoms with Crippen molar-refractivity contribution in [2.75, 3.05) is 5.32 Å². The Balaban J connectivity index is 1.92. The lowest BCUT2D eigenvalue weighted by atomic mass is 10.2. The quantitative estimate of drug-likeness (QED) is 0.877. The van der Waals surface area contributed by atoms with E-state index in [4.69, 9.17) is 0 Å². The average Bonchev–Trinajstić information content (AvgIpc) is 2.50. The molecule has 1 unspecified atom stereocenters. The van der Waals surface area contributed by atoms with E-state index in [2.05, 4.69) is 20.0 Å². The first-order valence-corrected chi connectivity index (χ1v) is 8.09. The summed E-state index contributed by atoms with van der Waals surface area (Å²) < 4.78 is 54.3. The molecule has 0 fully saturated rings. The van der Waals surface area contributed by atoms with Crippen molar-refractivity contribution in [1.29, 1.82) is 0 Å². The van der Waals surface area contributed by atoms with Gasteiger partial charge in [-0.15, -0.1) is 4.40 Å². The molecule has 23 heavy (non-hydrogen) atoms. The second-order valence-corrected chi connectivity index (χ2v) is 6.50. The summed E-state index contributed by atoms with van der Waals surface area (Å²) in [5.41, 5.74) is 0.597. The summed E-state index contributed by atoms with van der Waals surface area (Å²) in [6, 6.07) is 6.35. The van der Waals surface area contributed by atoms with Crippen molar-refractivity contribution >= 4 is 21.7 Å². The molecule has 0 saturated heterocycles. The first kappa shape index (κ1) is 15.3. The molecule has 1 aliphatic heterocycles. The largest absolute Gasteiger partial charge is 0.347 e. The van der Waals surface area contributed by atoms with Crippen molar-refractivity contribution in [3.63, 3.8) is 0 Å². The summed E-state index contributed by atoms with van der Waals surface area (Å²) in [4.78, 5) is 3.74. The minimum atomic E-state index is -4.12. The van der Waals surface area contributed by atoms with Crippen LogP contribution in [0.4, 0.5) is 14.5 Å². The molecule has 2 heterocycles. The molecular weight excluding hydrogens is 326 g/mol. The highest BCUT2D eigenvalue weighted by molar-refractivity contribution is 7.90. The normalized spacial score (nSPS) is 16.7. The fourth-order valence-corrected chi connectivity index (χ4v) is 3.21. The van der Waals surface area contributed by atoms with Crippen LogP contribution in [0.1, 0.15) is 18.7 Å². The maximum absolute atomic E-state index is 13.3. The summed E-state index contributed by atoms with van der Waals surface area (Å²) in [5, 5.41) is 5.49. The van der Waals surface area contributed by atoms with E-state index < -0.39 is 26.6 Å². The van der Waals surface area contributed by atoms with Crippen LogP contribution >= 0.6 is 0 Å². The number of halogens is 2. The van der Waals surface area contributed by atoms with E-state index in [9.17, 15) is 17.2 Å². The van der Waals surface area contributed by atoms with E-state index in [1.165, 1.54) is 0 Å². The molecule has 1 aromatic heterocycles. The number of hydrogen-bond acceptors (Lipinski definition) is 5. The number of aromatic nitrogens is 1. The highest BCUT2D eigenvalue weighted by atomic mass is 32.2. The van der Waals surface area contributed by atoms with E-state index in [0.29, 0.717) is 11.8 Å². The van der Waals surface area contributed by atoms with Crippen LogP contribution in [-0.4, -0.2) is 19.4 Å². The number of guanidine groups is 1. The molecular formula is C14H12F2N4O2S. The van der Waals surface area contributed by atoms with Gasteiger partial charge in [0.25, 0.3) is 10.0 Å². The van der Waals surface area contributed by atoms with Crippen molar-refractivity contribution in [2.45, 2.75) is 17.9 Å². The van der Waals surface area contributed by atoms with Crippen LogP contribution in [0.25, 0.3) is 0 Å². The van der Waals surface area contributed by atoms with E-state index >= 15 is 0 Å². The molecule has 9 heteroatoms. The second-order valence-electron chi connectivity index (χ2n) is 4.92. The van der Waals surface area contributed by atoms with Crippen molar-refractivity contribution in [3.05, 3.63) is 53.9 Å². The smallest absolute Gasteiger partial charge is 0.287 e. The molecule has 0 spiro atoms. The summed E-state index contributed by atoms with van der Waals surface area (Å²) in [6.07, 6.45) is 1.60. The molecule has 0 saturated carbocycles. The number of fused-ring (bicyclic) bond motifs is 1. The van der Waals surface area contributed by atoms with E-state index in [0.717, 1.165) is 6.07 Å². The minimum Gasteiger partial charge on any atom is -0.347 e. The fraction of sp³-hybridized carbons (Fsp3) is 0.143.